The van der Waals surface area contributed by atoms with Crippen molar-refractivity contribution >= 4 is 29.2 Å². The van der Waals surface area contributed by atoms with E-state index in [0.717, 1.165) is 0 Å². The van der Waals surface area contributed by atoms with Crippen molar-refractivity contribution in [2.24, 2.45) is 5.92 Å². The Morgan fingerprint density at radius 3 is 2.20 bits per heavy atom. The maximum atomic E-state index is 12.4. The van der Waals surface area contributed by atoms with Crippen molar-refractivity contribution in [3.63, 3.8) is 0 Å². The van der Waals surface area contributed by atoms with E-state index >= 15 is 0 Å². The Hall–Kier alpha value is -3.15. The zero-order chi connectivity index (χ0) is 18.4. The summed E-state index contributed by atoms with van der Waals surface area (Å²) in [4.78, 5) is 35.1. The van der Waals surface area contributed by atoms with Crippen LogP contribution >= 0.6 is 0 Å². The third-order valence-corrected chi connectivity index (χ3v) is 3.27. The number of amides is 2. The molecule has 0 bridgehead atoms. The van der Waals surface area contributed by atoms with Gasteiger partial charge in [0.25, 0.3) is 5.91 Å². The molecule has 0 unspecified atom stereocenters. The highest BCUT2D eigenvalue weighted by Crippen LogP contribution is 2.18. The lowest BCUT2D eigenvalue weighted by Gasteiger charge is -2.10. The number of benzene rings is 2. The molecule has 2 rings (SSSR count). The second kappa shape index (κ2) is 8.10. The fourth-order valence-corrected chi connectivity index (χ4v) is 2.03. The van der Waals surface area contributed by atoms with Gasteiger partial charge in [-0.15, -0.1) is 0 Å². The van der Waals surface area contributed by atoms with E-state index < -0.39 is 5.97 Å². The molecule has 2 N–H and O–H groups in total. The molecule has 6 heteroatoms. The molecular formula is C19H20N2O4. The molecule has 0 aromatic heterocycles. The summed E-state index contributed by atoms with van der Waals surface area (Å²) >= 11 is 0. The van der Waals surface area contributed by atoms with Crippen LogP contribution in [-0.4, -0.2) is 17.8 Å². The van der Waals surface area contributed by atoms with Crippen LogP contribution in [0.3, 0.4) is 0 Å². The lowest BCUT2D eigenvalue weighted by atomic mass is 10.2. The first-order valence-electron chi connectivity index (χ1n) is 7.86. The molecule has 0 heterocycles. The number of carbonyl (C=O) groups excluding carboxylic acids is 3. The van der Waals surface area contributed by atoms with Gasteiger partial charge in [0.1, 0.15) is 5.75 Å². The average molecular weight is 340 g/mol. The van der Waals surface area contributed by atoms with Gasteiger partial charge in [0.15, 0.2) is 0 Å². The van der Waals surface area contributed by atoms with E-state index in [1.54, 1.807) is 56.3 Å². The normalized spacial score (nSPS) is 10.2. The molecule has 0 atom stereocenters. The zero-order valence-corrected chi connectivity index (χ0v) is 14.3. The fraction of sp³-hybridized carbons (Fsp3) is 0.211. The number of nitrogens with one attached hydrogen (secondary N) is 2. The molecular weight excluding hydrogens is 320 g/mol. The molecule has 6 nitrogen and oxygen atoms in total. The van der Waals surface area contributed by atoms with Crippen LogP contribution in [-0.2, 0) is 9.59 Å². The SMILES string of the molecule is CC(=O)Oc1cccc(C(=O)Nc2cccc(NC(=O)C(C)C)c2)c1. The summed E-state index contributed by atoms with van der Waals surface area (Å²) in [5, 5.41) is 5.53. The number of esters is 1. The minimum absolute atomic E-state index is 0.0995. The minimum atomic E-state index is -0.453. The average Bonchev–Trinajstić information content (AvgIpc) is 2.54. The third kappa shape index (κ3) is 5.46. The lowest BCUT2D eigenvalue weighted by molar-refractivity contribution is -0.131. The summed E-state index contributed by atoms with van der Waals surface area (Å²) in [5.74, 6) is -0.731. The minimum Gasteiger partial charge on any atom is -0.427 e. The second-order valence-corrected chi connectivity index (χ2v) is 5.80. The van der Waals surface area contributed by atoms with E-state index in [4.69, 9.17) is 4.74 Å². The van der Waals surface area contributed by atoms with Crippen LogP contribution in [0.25, 0.3) is 0 Å². The summed E-state index contributed by atoms with van der Waals surface area (Å²) in [5.41, 5.74) is 1.50. The van der Waals surface area contributed by atoms with E-state index in [-0.39, 0.29) is 17.7 Å². The molecule has 0 fully saturated rings. The van der Waals surface area contributed by atoms with E-state index in [9.17, 15) is 14.4 Å². The molecule has 0 radical (unpaired) electrons. The molecule has 2 amide bonds. The predicted octanol–water partition coefficient (Wildman–Crippen LogP) is 3.46. The number of anilines is 2. The van der Waals surface area contributed by atoms with Gasteiger partial charge in [-0.3, -0.25) is 14.4 Å². The number of hydrogen-bond acceptors (Lipinski definition) is 4. The highest BCUT2D eigenvalue weighted by atomic mass is 16.5. The van der Waals surface area contributed by atoms with Gasteiger partial charge in [0.05, 0.1) is 0 Å². The molecule has 0 aliphatic rings. The van der Waals surface area contributed by atoms with Gasteiger partial charge >= 0.3 is 5.97 Å². The highest BCUT2D eigenvalue weighted by Gasteiger charge is 2.10. The monoisotopic (exact) mass is 340 g/mol. The first kappa shape index (κ1) is 18.2. The maximum absolute atomic E-state index is 12.4. The Bertz CT molecular complexity index is 800. The zero-order valence-electron chi connectivity index (χ0n) is 14.3. The van der Waals surface area contributed by atoms with Crippen molar-refractivity contribution in [1.82, 2.24) is 0 Å². The Labute approximate surface area is 146 Å². The smallest absolute Gasteiger partial charge is 0.308 e. The van der Waals surface area contributed by atoms with Crippen molar-refractivity contribution in [3.8, 4) is 5.75 Å². The summed E-state index contributed by atoms with van der Waals surface area (Å²) < 4.78 is 4.97. The molecule has 25 heavy (non-hydrogen) atoms. The molecule has 0 aliphatic carbocycles. The first-order valence-corrected chi connectivity index (χ1v) is 7.86. The summed E-state index contributed by atoms with van der Waals surface area (Å²) in [6.45, 7) is 4.90. The van der Waals surface area contributed by atoms with Crippen LogP contribution in [0.2, 0.25) is 0 Å². The predicted molar refractivity (Wildman–Crippen MR) is 95.6 cm³/mol. The van der Waals surface area contributed by atoms with E-state index in [2.05, 4.69) is 10.6 Å². The van der Waals surface area contributed by atoms with Crippen molar-refractivity contribution in [2.75, 3.05) is 10.6 Å². The Balaban J connectivity index is 2.10. The van der Waals surface area contributed by atoms with Gasteiger partial charge in [-0.25, -0.2) is 0 Å². The Morgan fingerprint density at radius 2 is 1.56 bits per heavy atom. The largest absolute Gasteiger partial charge is 0.427 e. The fourth-order valence-electron chi connectivity index (χ4n) is 2.03. The van der Waals surface area contributed by atoms with Crippen LogP contribution in [0.5, 0.6) is 5.75 Å². The number of ether oxygens (including phenoxy) is 1. The van der Waals surface area contributed by atoms with Gasteiger partial charge < -0.3 is 15.4 Å². The lowest BCUT2D eigenvalue weighted by Crippen LogP contribution is -2.18. The number of hydrogen-bond donors (Lipinski definition) is 2. The quantitative estimate of drug-likeness (QED) is 0.645. The standard InChI is InChI=1S/C19H20N2O4/c1-12(2)18(23)20-15-7-5-8-16(11-15)21-19(24)14-6-4-9-17(10-14)25-13(3)22/h4-12H,1-3H3,(H,20,23)(H,21,24). The number of carbonyl (C=O) groups is 3. The van der Waals surface area contributed by atoms with Crippen LogP contribution in [0.4, 0.5) is 11.4 Å². The van der Waals surface area contributed by atoms with E-state index in [1.807, 2.05) is 0 Å². The molecule has 0 aliphatic heterocycles. The molecule has 130 valence electrons. The van der Waals surface area contributed by atoms with Gasteiger partial charge in [0.2, 0.25) is 5.91 Å². The van der Waals surface area contributed by atoms with Crippen LogP contribution in [0.1, 0.15) is 31.1 Å². The second-order valence-electron chi connectivity index (χ2n) is 5.80. The van der Waals surface area contributed by atoms with Gasteiger partial charge in [-0.1, -0.05) is 26.0 Å². The van der Waals surface area contributed by atoms with Crippen molar-refractivity contribution in [1.29, 1.82) is 0 Å². The summed E-state index contributed by atoms with van der Waals surface area (Å²) in [6, 6.07) is 13.2. The van der Waals surface area contributed by atoms with E-state index in [0.29, 0.717) is 22.7 Å². The summed E-state index contributed by atoms with van der Waals surface area (Å²) in [6.07, 6.45) is 0. The number of rotatable bonds is 5. The highest BCUT2D eigenvalue weighted by molar-refractivity contribution is 6.05. The maximum Gasteiger partial charge on any atom is 0.308 e. The van der Waals surface area contributed by atoms with Crippen LogP contribution in [0.15, 0.2) is 48.5 Å². The third-order valence-electron chi connectivity index (χ3n) is 3.27. The van der Waals surface area contributed by atoms with E-state index in [1.165, 1.54) is 13.0 Å². The Kier molecular flexibility index (Phi) is 5.89. The van der Waals surface area contributed by atoms with Crippen molar-refractivity contribution in [2.45, 2.75) is 20.8 Å². The molecule has 0 spiro atoms. The summed E-state index contributed by atoms with van der Waals surface area (Å²) in [7, 11) is 0. The molecule has 2 aromatic rings. The van der Waals surface area contributed by atoms with Gasteiger partial charge in [-0.05, 0) is 36.4 Å². The van der Waals surface area contributed by atoms with Gasteiger partial charge in [-0.2, -0.15) is 0 Å². The topological polar surface area (TPSA) is 84.5 Å². The van der Waals surface area contributed by atoms with Gasteiger partial charge in [0, 0.05) is 29.8 Å². The van der Waals surface area contributed by atoms with Crippen molar-refractivity contribution < 1.29 is 19.1 Å². The first-order chi connectivity index (χ1) is 11.8. The molecule has 0 saturated heterocycles. The van der Waals surface area contributed by atoms with Crippen molar-refractivity contribution in [3.05, 3.63) is 54.1 Å². The van der Waals surface area contributed by atoms with Crippen LogP contribution in [0, 0.1) is 5.92 Å². The van der Waals surface area contributed by atoms with Crippen LogP contribution < -0.4 is 15.4 Å². The Morgan fingerprint density at radius 1 is 0.920 bits per heavy atom. The molecule has 2 aromatic carbocycles. The molecule has 0 saturated carbocycles.